The number of rotatable bonds is 6. The number of aryl methyl sites for hydroxylation is 1. The normalized spacial score (nSPS) is 16.4. The molecule has 3 rings (SSSR count). The zero-order valence-electron chi connectivity index (χ0n) is 18.2. The molecule has 1 aliphatic rings. The Hall–Kier alpha value is -2.69. The quantitative estimate of drug-likeness (QED) is 0.720. The number of furan rings is 1. The van der Waals surface area contributed by atoms with E-state index >= 15 is 0 Å². The van der Waals surface area contributed by atoms with E-state index in [1.54, 1.807) is 43.0 Å². The van der Waals surface area contributed by atoms with Gasteiger partial charge >= 0.3 is 0 Å². The van der Waals surface area contributed by atoms with Gasteiger partial charge in [-0.3, -0.25) is 14.5 Å². The Balaban J connectivity index is 1.58. The topological polar surface area (TPSA) is 103 Å². The first-order chi connectivity index (χ1) is 14.6. The van der Waals surface area contributed by atoms with E-state index < -0.39 is 16.1 Å². The van der Waals surface area contributed by atoms with Gasteiger partial charge in [0.15, 0.2) is 5.76 Å². The molecule has 31 heavy (non-hydrogen) atoms. The molecule has 1 aromatic heterocycles. The van der Waals surface area contributed by atoms with E-state index in [9.17, 15) is 18.0 Å². The van der Waals surface area contributed by atoms with Gasteiger partial charge in [-0.1, -0.05) is 6.07 Å². The zero-order chi connectivity index (χ0) is 22.8. The molecule has 1 fully saturated rings. The first kappa shape index (κ1) is 23.0. The predicted octanol–water partition coefficient (Wildman–Crippen LogP) is 1.62. The summed E-state index contributed by atoms with van der Waals surface area (Å²) in [6.45, 7) is 5.67. The van der Waals surface area contributed by atoms with Gasteiger partial charge in [0.1, 0.15) is 5.76 Å². The van der Waals surface area contributed by atoms with Gasteiger partial charge in [-0.2, -0.15) is 0 Å². The van der Waals surface area contributed by atoms with Crippen molar-refractivity contribution in [1.82, 2.24) is 14.1 Å². The standard InChI is InChI=1S/C21H28N4O5S/c1-15-8-9-19(30-15)21(27)25-12-10-24(11-13-25)16(2)20(26)22-17-6-5-7-18(14-17)31(28,29)23(3)4/h5-9,14,16H,10-13H2,1-4H3,(H,22,26). The third-order valence-electron chi connectivity index (χ3n) is 5.36. The fourth-order valence-corrected chi connectivity index (χ4v) is 4.32. The largest absolute Gasteiger partial charge is 0.456 e. The Bertz CT molecular complexity index is 1060. The minimum Gasteiger partial charge on any atom is -0.456 e. The molecule has 2 heterocycles. The van der Waals surface area contributed by atoms with Gasteiger partial charge in [-0.05, 0) is 44.2 Å². The van der Waals surface area contributed by atoms with Crippen molar-refractivity contribution in [3.05, 3.63) is 47.9 Å². The molecule has 9 nitrogen and oxygen atoms in total. The number of nitrogens with zero attached hydrogens (tertiary/aromatic N) is 3. The molecular weight excluding hydrogens is 420 g/mol. The summed E-state index contributed by atoms with van der Waals surface area (Å²) < 4.78 is 31.2. The highest BCUT2D eigenvalue weighted by Gasteiger charge is 2.29. The molecule has 1 saturated heterocycles. The maximum atomic E-state index is 12.7. The number of hydrogen-bond donors (Lipinski definition) is 1. The summed E-state index contributed by atoms with van der Waals surface area (Å²) in [6.07, 6.45) is 0. The summed E-state index contributed by atoms with van der Waals surface area (Å²) in [7, 11) is -0.668. The van der Waals surface area contributed by atoms with Crippen LogP contribution >= 0.6 is 0 Å². The fourth-order valence-electron chi connectivity index (χ4n) is 3.38. The van der Waals surface area contributed by atoms with Crippen LogP contribution in [0.15, 0.2) is 45.7 Å². The van der Waals surface area contributed by atoms with E-state index in [1.807, 2.05) is 4.90 Å². The Morgan fingerprint density at radius 2 is 1.77 bits per heavy atom. The van der Waals surface area contributed by atoms with Gasteiger partial charge in [0.25, 0.3) is 5.91 Å². The van der Waals surface area contributed by atoms with Gasteiger partial charge in [0, 0.05) is 46.0 Å². The highest BCUT2D eigenvalue weighted by Crippen LogP contribution is 2.19. The number of hydrogen-bond acceptors (Lipinski definition) is 6. The zero-order valence-corrected chi connectivity index (χ0v) is 19.0. The van der Waals surface area contributed by atoms with Crippen LogP contribution in [0.2, 0.25) is 0 Å². The predicted molar refractivity (Wildman–Crippen MR) is 116 cm³/mol. The van der Waals surface area contributed by atoms with E-state index in [0.29, 0.717) is 43.4 Å². The second kappa shape index (κ2) is 9.21. The molecule has 1 N–H and O–H groups in total. The number of nitrogens with one attached hydrogen (secondary N) is 1. The van der Waals surface area contributed by atoms with Crippen LogP contribution in [-0.2, 0) is 14.8 Å². The van der Waals surface area contributed by atoms with Gasteiger partial charge in [-0.15, -0.1) is 0 Å². The van der Waals surface area contributed by atoms with Gasteiger partial charge in [0.05, 0.1) is 10.9 Å². The van der Waals surface area contributed by atoms with Crippen molar-refractivity contribution in [3.63, 3.8) is 0 Å². The first-order valence-electron chi connectivity index (χ1n) is 10.0. The average Bonchev–Trinajstić information content (AvgIpc) is 3.19. The Morgan fingerprint density at radius 1 is 1.10 bits per heavy atom. The average molecular weight is 449 g/mol. The molecule has 2 aromatic rings. The van der Waals surface area contributed by atoms with Gasteiger partial charge < -0.3 is 14.6 Å². The molecule has 0 saturated carbocycles. The van der Waals surface area contributed by atoms with E-state index in [0.717, 1.165) is 4.31 Å². The van der Waals surface area contributed by atoms with Gasteiger partial charge in [0.2, 0.25) is 15.9 Å². The highest BCUT2D eigenvalue weighted by atomic mass is 32.2. The molecule has 1 atom stereocenters. The number of sulfonamides is 1. The summed E-state index contributed by atoms with van der Waals surface area (Å²) in [5.41, 5.74) is 0.418. The lowest BCUT2D eigenvalue weighted by atomic mass is 10.2. The van der Waals surface area contributed by atoms with E-state index in [2.05, 4.69) is 5.32 Å². The molecule has 10 heteroatoms. The summed E-state index contributed by atoms with van der Waals surface area (Å²) in [6, 6.07) is 9.18. The Kier molecular flexibility index (Phi) is 6.83. The van der Waals surface area contributed by atoms with Crippen molar-refractivity contribution in [2.24, 2.45) is 0 Å². The molecule has 0 spiro atoms. The number of anilines is 1. The van der Waals surface area contributed by atoms with Crippen LogP contribution in [0.4, 0.5) is 5.69 Å². The number of amides is 2. The summed E-state index contributed by atoms with van der Waals surface area (Å²) in [5.74, 6) is 0.628. The molecule has 1 aromatic carbocycles. The Morgan fingerprint density at radius 3 is 2.35 bits per heavy atom. The smallest absolute Gasteiger partial charge is 0.289 e. The maximum Gasteiger partial charge on any atom is 0.289 e. The lowest BCUT2D eigenvalue weighted by Gasteiger charge is -2.37. The van der Waals surface area contributed by atoms with Crippen molar-refractivity contribution in [2.45, 2.75) is 24.8 Å². The molecule has 2 amide bonds. The first-order valence-corrected chi connectivity index (χ1v) is 11.5. The monoisotopic (exact) mass is 448 g/mol. The lowest BCUT2D eigenvalue weighted by molar-refractivity contribution is -0.121. The second-order valence-corrected chi connectivity index (χ2v) is 9.87. The molecule has 0 radical (unpaired) electrons. The minimum absolute atomic E-state index is 0.114. The van der Waals surface area contributed by atoms with Crippen molar-refractivity contribution in [2.75, 3.05) is 45.6 Å². The van der Waals surface area contributed by atoms with E-state index in [4.69, 9.17) is 4.42 Å². The van der Waals surface area contributed by atoms with Crippen LogP contribution in [0.1, 0.15) is 23.2 Å². The number of carbonyl (C=O) groups is 2. The molecule has 0 aliphatic carbocycles. The van der Waals surface area contributed by atoms with Crippen LogP contribution < -0.4 is 5.32 Å². The highest BCUT2D eigenvalue weighted by molar-refractivity contribution is 7.89. The van der Waals surface area contributed by atoms with Gasteiger partial charge in [-0.25, -0.2) is 12.7 Å². The molecular formula is C21H28N4O5S. The van der Waals surface area contributed by atoms with Crippen LogP contribution in [0.5, 0.6) is 0 Å². The summed E-state index contributed by atoms with van der Waals surface area (Å²) in [5, 5.41) is 2.79. The fraction of sp³-hybridized carbons (Fsp3) is 0.429. The molecule has 168 valence electrons. The van der Waals surface area contributed by atoms with Crippen molar-refractivity contribution >= 4 is 27.5 Å². The van der Waals surface area contributed by atoms with E-state index in [1.165, 1.54) is 26.2 Å². The molecule has 1 aliphatic heterocycles. The third kappa shape index (κ3) is 5.15. The summed E-state index contributed by atoms with van der Waals surface area (Å²) in [4.78, 5) is 29.1. The summed E-state index contributed by atoms with van der Waals surface area (Å²) >= 11 is 0. The van der Waals surface area contributed by atoms with Crippen LogP contribution in [0.3, 0.4) is 0 Å². The number of carbonyl (C=O) groups excluding carboxylic acids is 2. The van der Waals surface area contributed by atoms with Crippen molar-refractivity contribution in [1.29, 1.82) is 0 Å². The van der Waals surface area contributed by atoms with E-state index in [-0.39, 0.29) is 16.7 Å². The van der Waals surface area contributed by atoms with Crippen molar-refractivity contribution in [3.8, 4) is 0 Å². The third-order valence-corrected chi connectivity index (χ3v) is 7.17. The molecule has 1 unspecified atom stereocenters. The van der Waals surface area contributed by atoms with Crippen LogP contribution in [0, 0.1) is 6.92 Å². The number of benzene rings is 1. The Labute approximate surface area is 182 Å². The van der Waals surface area contributed by atoms with Crippen LogP contribution in [-0.4, -0.2) is 80.7 Å². The van der Waals surface area contributed by atoms with Crippen molar-refractivity contribution < 1.29 is 22.4 Å². The van der Waals surface area contributed by atoms with Crippen LogP contribution in [0.25, 0.3) is 0 Å². The number of piperazine rings is 1. The SMILES string of the molecule is Cc1ccc(C(=O)N2CCN(C(C)C(=O)Nc3cccc(S(=O)(=O)N(C)C)c3)CC2)o1. The minimum atomic E-state index is -3.59. The second-order valence-electron chi connectivity index (χ2n) is 7.72. The maximum absolute atomic E-state index is 12.7. The molecule has 0 bridgehead atoms. The lowest BCUT2D eigenvalue weighted by Crippen LogP contribution is -2.54.